The lowest BCUT2D eigenvalue weighted by molar-refractivity contribution is -0.119. The standard InChI is InChI=1S/C18H28N2O2.ClH/c1-2-3-4-5-14-6-8-16(9-7-14)20-18(21)17(19)15-10-12-22-13-11-15;/h6-9,15,17H,2-5,10-13,19H2,1H3,(H,20,21);1H. The molecule has 1 atom stereocenters. The van der Waals surface area contributed by atoms with Crippen molar-refractivity contribution in [2.24, 2.45) is 11.7 Å². The molecule has 1 aliphatic rings. The normalized spacial score (nSPS) is 16.4. The number of amides is 1. The van der Waals surface area contributed by atoms with Crippen LogP contribution < -0.4 is 11.1 Å². The fourth-order valence-electron chi connectivity index (χ4n) is 2.85. The van der Waals surface area contributed by atoms with E-state index in [0.29, 0.717) is 13.2 Å². The highest BCUT2D eigenvalue weighted by molar-refractivity contribution is 5.94. The number of ether oxygens (including phenoxy) is 1. The molecule has 4 nitrogen and oxygen atoms in total. The summed E-state index contributed by atoms with van der Waals surface area (Å²) in [5, 5.41) is 2.93. The van der Waals surface area contributed by atoms with Crippen LogP contribution in [0.4, 0.5) is 5.69 Å². The Labute approximate surface area is 145 Å². The minimum Gasteiger partial charge on any atom is -0.381 e. The summed E-state index contributed by atoms with van der Waals surface area (Å²) in [5.74, 6) is 0.132. The Hall–Kier alpha value is -1.10. The molecule has 0 bridgehead atoms. The van der Waals surface area contributed by atoms with Gasteiger partial charge in [-0.25, -0.2) is 0 Å². The number of hydrogen-bond acceptors (Lipinski definition) is 3. The van der Waals surface area contributed by atoms with Crippen LogP contribution in [0.15, 0.2) is 24.3 Å². The average Bonchev–Trinajstić information content (AvgIpc) is 2.57. The van der Waals surface area contributed by atoms with E-state index in [1.807, 2.05) is 12.1 Å². The Kier molecular flexibility index (Phi) is 9.22. The molecule has 0 aromatic heterocycles. The molecular formula is C18H29ClN2O2. The summed E-state index contributed by atoms with van der Waals surface area (Å²) in [6.45, 7) is 3.62. The summed E-state index contributed by atoms with van der Waals surface area (Å²) in [6, 6.07) is 7.66. The van der Waals surface area contributed by atoms with Gasteiger partial charge in [0.1, 0.15) is 0 Å². The van der Waals surface area contributed by atoms with E-state index in [9.17, 15) is 4.79 Å². The Morgan fingerprint density at radius 2 is 1.91 bits per heavy atom. The number of hydrogen-bond donors (Lipinski definition) is 2. The zero-order chi connectivity index (χ0) is 15.8. The van der Waals surface area contributed by atoms with Crippen molar-refractivity contribution in [1.29, 1.82) is 0 Å². The van der Waals surface area contributed by atoms with E-state index in [4.69, 9.17) is 10.5 Å². The molecule has 1 heterocycles. The van der Waals surface area contributed by atoms with Gasteiger partial charge in [0.15, 0.2) is 0 Å². The fraction of sp³-hybridized carbons (Fsp3) is 0.611. The van der Waals surface area contributed by atoms with E-state index < -0.39 is 6.04 Å². The SMILES string of the molecule is CCCCCc1ccc(NC(=O)C(N)C2CCOCC2)cc1.Cl. The Balaban J connectivity index is 0.00000264. The maximum Gasteiger partial charge on any atom is 0.241 e. The monoisotopic (exact) mass is 340 g/mol. The van der Waals surface area contributed by atoms with Gasteiger partial charge in [-0.1, -0.05) is 31.9 Å². The molecule has 0 spiro atoms. The van der Waals surface area contributed by atoms with Crippen molar-refractivity contribution in [3.63, 3.8) is 0 Å². The van der Waals surface area contributed by atoms with E-state index in [-0.39, 0.29) is 24.2 Å². The van der Waals surface area contributed by atoms with Crippen LogP contribution in [-0.2, 0) is 16.0 Å². The predicted octanol–water partition coefficient (Wildman–Crippen LogP) is 3.53. The number of nitrogens with one attached hydrogen (secondary N) is 1. The van der Waals surface area contributed by atoms with E-state index in [2.05, 4.69) is 24.4 Å². The van der Waals surface area contributed by atoms with Gasteiger partial charge in [0.2, 0.25) is 5.91 Å². The summed E-state index contributed by atoms with van der Waals surface area (Å²) >= 11 is 0. The second-order valence-electron chi connectivity index (χ2n) is 6.12. The smallest absolute Gasteiger partial charge is 0.241 e. The van der Waals surface area contributed by atoms with E-state index >= 15 is 0 Å². The van der Waals surface area contributed by atoms with Crippen LogP contribution in [0.1, 0.15) is 44.6 Å². The Morgan fingerprint density at radius 1 is 1.26 bits per heavy atom. The number of unbranched alkanes of at least 4 members (excludes halogenated alkanes) is 2. The molecular weight excluding hydrogens is 312 g/mol. The lowest BCUT2D eigenvalue weighted by Crippen LogP contribution is -2.43. The first-order chi connectivity index (χ1) is 10.7. The topological polar surface area (TPSA) is 64.4 Å². The zero-order valence-electron chi connectivity index (χ0n) is 13.9. The lowest BCUT2D eigenvalue weighted by Gasteiger charge is -2.26. The molecule has 2 rings (SSSR count). The summed E-state index contributed by atoms with van der Waals surface area (Å²) in [6.07, 6.45) is 6.55. The Bertz CT molecular complexity index is 459. The molecule has 1 amide bonds. The van der Waals surface area contributed by atoms with Gasteiger partial charge in [-0.05, 0) is 49.3 Å². The third-order valence-corrected chi connectivity index (χ3v) is 4.37. The second-order valence-corrected chi connectivity index (χ2v) is 6.12. The number of rotatable bonds is 7. The van der Waals surface area contributed by atoms with Crippen LogP contribution in [0.2, 0.25) is 0 Å². The molecule has 1 aliphatic heterocycles. The number of carbonyl (C=O) groups is 1. The molecule has 1 fully saturated rings. The molecule has 0 aliphatic carbocycles. The van der Waals surface area contributed by atoms with Gasteiger partial charge in [-0.2, -0.15) is 0 Å². The third kappa shape index (κ3) is 6.50. The molecule has 1 saturated heterocycles. The molecule has 130 valence electrons. The van der Waals surface area contributed by atoms with Gasteiger partial charge in [-0.15, -0.1) is 12.4 Å². The van der Waals surface area contributed by atoms with Crippen LogP contribution in [0.3, 0.4) is 0 Å². The van der Waals surface area contributed by atoms with Crippen molar-refractivity contribution in [2.75, 3.05) is 18.5 Å². The molecule has 1 unspecified atom stereocenters. The first-order valence-electron chi connectivity index (χ1n) is 8.44. The molecule has 3 N–H and O–H groups in total. The summed E-state index contributed by atoms with van der Waals surface area (Å²) in [4.78, 5) is 12.2. The maximum atomic E-state index is 12.2. The first-order valence-corrected chi connectivity index (χ1v) is 8.44. The lowest BCUT2D eigenvalue weighted by atomic mass is 9.92. The van der Waals surface area contributed by atoms with Crippen LogP contribution in [0, 0.1) is 5.92 Å². The van der Waals surface area contributed by atoms with Gasteiger partial charge in [0.25, 0.3) is 0 Å². The minimum absolute atomic E-state index is 0. The van der Waals surface area contributed by atoms with Crippen molar-refractivity contribution in [3.8, 4) is 0 Å². The molecule has 5 heteroatoms. The van der Waals surface area contributed by atoms with Crippen molar-refractivity contribution in [1.82, 2.24) is 0 Å². The van der Waals surface area contributed by atoms with Crippen molar-refractivity contribution in [3.05, 3.63) is 29.8 Å². The number of anilines is 1. The van der Waals surface area contributed by atoms with E-state index in [1.54, 1.807) is 0 Å². The number of carbonyl (C=O) groups excluding carboxylic acids is 1. The van der Waals surface area contributed by atoms with Gasteiger partial charge in [0, 0.05) is 18.9 Å². The zero-order valence-corrected chi connectivity index (χ0v) is 14.7. The summed E-state index contributed by atoms with van der Waals surface area (Å²) in [7, 11) is 0. The highest BCUT2D eigenvalue weighted by Crippen LogP contribution is 2.19. The quantitative estimate of drug-likeness (QED) is 0.746. The number of halogens is 1. The highest BCUT2D eigenvalue weighted by Gasteiger charge is 2.26. The number of nitrogens with two attached hydrogens (primary N) is 1. The van der Waals surface area contributed by atoms with E-state index in [0.717, 1.165) is 24.9 Å². The van der Waals surface area contributed by atoms with Crippen LogP contribution in [-0.4, -0.2) is 25.2 Å². The summed E-state index contributed by atoms with van der Waals surface area (Å²) < 4.78 is 5.31. The Morgan fingerprint density at radius 3 is 2.52 bits per heavy atom. The van der Waals surface area contributed by atoms with Crippen LogP contribution >= 0.6 is 12.4 Å². The predicted molar refractivity (Wildman–Crippen MR) is 97.1 cm³/mol. The molecule has 0 saturated carbocycles. The average molecular weight is 341 g/mol. The maximum absolute atomic E-state index is 12.2. The fourth-order valence-corrected chi connectivity index (χ4v) is 2.85. The second kappa shape index (κ2) is 10.6. The van der Waals surface area contributed by atoms with Crippen molar-refractivity contribution in [2.45, 2.75) is 51.5 Å². The van der Waals surface area contributed by atoms with Crippen molar-refractivity contribution < 1.29 is 9.53 Å². The number of benzene rings is 1. The van der Waals surface area contributed by atoms with Crippen molar-refractivity contribution >= 4 is 24.0 Å². The summed E-state index contributed by atoms with van der Waals surface area (Å²) in [5.41, 5.74) is 8.23. The van der Waals surface area contributed by atoms with Gasteiger partial charge in [0.05, 0.1) is 6.04 Å². The molecule has 1 aromatic rings. The third-order valence-electron chi connectivity index (χ3n) is 4.37. The molecule has 0 radical (unpaired) electrons. The highest BCUT2D eigenvalue weighted by atomic mass is 35.5. The van der Waals surface area contributed by atoms with Crippen LogP contribution in [0.25, 0.3) is 0 Å². The number of aryl methyl sites for hydroxylation is 1. The van der Waals surface area contributed by atoms with Crippen LogP contribution in [0.5, 0.6) is 0 Å². The molecule has 23 heavy (non-hydrogen) atoms. The molecule has 1 aromatic carbocycles. The largest absolute Gasteiger partial charge is 0.381 e. The minimum atomic E-state index is -0.451. The van der Waals surface area contributed by atoms with Gasteiger partial charge in [-0.3, -0.25) is 4.79 Å². The van der Waals surface area contributed by atoms with E-state index in [1.165, 1.54) is 24.8 Å². The first kappa shape index (κ1) is 19.9. The van der Waals surface area contributed by atoms with Gasteiger partial charge < -0.3 is 15.8 Å². The van der Waals surface area contributed by atoms with Gasteiger partial charge >= 0.3 is 0 Å².